The third-order valence-corrected chi connectivity index (χ3v) is 5.64. The number of nitrogens with one attached hydrogen (secondary N) is 1. The molecule has 28 heavy (non-hydrogen) atoms. The smallest absolute Gasteiger partial charge is 0.239 e. The number of thiazole rings is 1. The number of ether oxygens (including phenoxy) is 1. The largest absolute Gasteiger partial charge is 0.485 e. The molecule has 1 amide bonds. The molecule has 3 aromatic rings. The fourth-order valence-electron chi connectivity index (χ4n) is 2.39. The van der Waals surface area contributed by atoms with Gasteiger partial charge in [0, 0.05) is 18.1 Å². The first-order chi connectivity index (χ1) is 13.6. The first-order valence-corrected chi connectivity index (χ1v) is 10.4. The van der Waals surface area contributed by atoms with Crippen molar-refractivity contribution in [2.24, 2.45) is 0 Å². The maximum Gasteiger partial charge on any atom is 0.239 e. The number of aromatic nitrogens is 4. The summed E-state index contributed by atoms with van der Waals surface area (Å²) in [6.07, 6.45) is 3.42. The zero-order valence-electron chi connectivity index (χ0n) is 15.7. The minimum atomic E-state index is -0.359. The van der Waals surface area contributed by atoms with Crippen molar-refractivity contribution >= 4 is 34.1 Å². The molecule has 0 saturated heterocycles. The average molecular weight is 416 g/mol. The number of thioether (sulfide) groups is 1. The zero-order chi connectivity index (χ0) is 19.9. The fraction of sp³-hybridized carbons (Fsp3) is 0.263. The van der Waals surface area contributed by atoms with E-state index in [2.05, 4.69) is 27.1 Å². The van der Waals surface area contributed by atoms with E-state index in [4.69, 9.17) is 4.74 Å². The lowest BCUT2D eigenvalue weighted by atomic mass is 10.2. The molecular formula is C19H21N5O2S2. The molecule has 0 aliphatic carbocycles. The summed E-state index contributed by atoms with van der Waals surface area (Å²) in [4.78, 5) is 16.4. The molecule has 9 heteroatoms. The molecule has 0 aliphatic heterocycles. The Balaban J connectivity index is 1.68. The molecule has 0 spiro atoms. The lowest BCUT2D eigenvalue weighted by Crippen LogP contribution is -2.23. The summed E-state index contributed by atoms with van der Waals surface area (Å²) in [6.45, 7) is 8.43. The van der Waals surface area contributed by atoms with Gasteiger partial charge in [-0.3, -0.25) is 9.36 Å². The van der Waals surface area contributed by atoms with Gasteiger partial charge in [-0.05, 0) is 25.5 Å². The SMILES string of the molecule is C=CCn1c(COc2ccccc2C)nnc1S[C@H](C)C(=O)Nc1nccs1. The minimum absolute atomic E-state index is 0.134. The monoisotopic (exact) mass is 415 g/mol. The summed E-state index contributed by atoms with van der Waals surface area (Å²) < 4.78 is 7.80. The Kier molecular flexibility index (Phi) is 6.83. The van der Waals surface area contributed by atoms with E-state index < -0.39 is 0 Å². The zero-order valence-corrected chi connectivity index (χ0v) is 17.3. The van der Waals surface area contributed by atoms with Gasteiger partial charge >= 0.3 is 0 Å². The van der Waals surface area contributed by atoms with E-state index in [9.17, 15) is 4.79 Å². The number of benzene rings is 1. The lowest BCUT2D eigenvalue weighted by molar-refractivity contribution is -0.115. The number of allylic oxidation sites excluding steroid dienone is 1. The molecule has 0 radical (unpaired) electrons. The number of anilines is 1. The van der Waals surface area contributed by atoms with E-state index in [-0.39, 0.29) is 17.8 Å². The van der Waals surface area contributed by atoms with E-state index in [0.717, 1.165) is 11.3 Å². The summed E-state index contributed by atoms with van der Waals surface area (Å²) in [6, 6.07) is 7.81. The Morgan fingerprint density at radius 1 is 1.43 bits per heavy atom. The standard InChI is InChI=1S/C19H21N5O2S2/c1-4-10-24-16(12-26-15-8-6-5-7-13(15)2)22-23-19(24)28-14(3)17(25)21-18-20-9-11-27-18/h4-9,11,14H,1,10,12H2,2-3H3,(H,20,21,25)/t14-/m1/s1. The van der Waals surface area contributed by atoms with Gasteiger partial charge in [0.2, 0.25) is 5.91 Å². The van der Waals surface area contributed by atoms with Crippen molar-refractivity contribution in [3.8, 4) is 5.75 Å². The highest BCUT2D eigenvalue weighted by atomic mass is 32.2. The second-order valence-corrected chi connectivity index (χ2v) is 8.14. The van der Waals surface area contributed by atoms with Crippen molar-refractivity contribution in [2.45, 2.75) is 37.4 Å². The molecule has 0 fully saturated rings. The van der Waals surface area contributed by atoms with Crippen LogP contribution in [-0.4, -0.2) is 30.9 Å². The summed E-state index contributed by atoms with van der Waals surface area (Å²) in [7, 11) is 0. The van der Waals surface area contributed by atoms with Crippen LogP contribution in [0.25, 0.3) is 0 Å². The molecule has 3 rings (SSSR count). The van der Waals surface area contributed by atoms with Crippen LogP contribution >= 0.6 is 23.1 Å². The van der Waals surface area contributed by atoms with E-state index in [0.29, 0.717) is 22.7 Å². The quantitative estimate of drug-likeness (QED) is 0.421. The number of amides is 1. The van der Waals surface area contributed by atoms with Crippen LogP contribution < -0.4 is 10.1 Å². The molecule has 1 N–H and O–H groups in total. The van der Waals surface area contributed by atoms with Gasteiger partial charge in [0.1, 0.15) is 12.4 Å². The predicted octanol–water partition coefficient (Wildman–Crippen LogP) is 3.93. The maximum atomic E-state index is 12.4. The number of carbonyl (C=O) groups is 1. The van der Waals surface area contributed by atoms with Crippen molar-refractivity contribution < 1.29 is 9.53 Å². The normalized spacial score (nSPS) is 11.8. The number of rotatable bonds is 9. The van der Waals surface area contributed by atoms with Crippen LogP contribution in [0.3, 0.4) is 0 Å². The van der Waals surface area contributed by atoms with Gasteiger partial charge in [0.25, 0.3) is 0 Å². The fourth-order valence-corrected chi connectivity index (χ4v) is 3.80. The molecule has 146 valence electrons. The molecule has 0 aliphatic rings. The first-order valence-electron chi connectivity index (χ1n) is 8.67. The van der Waals surface area contributed by atoms with Gasteiger partial charge in [-0.15, -0.1) is 28.1 Å². The Morgan fingerprint density at radius 3 is 2.96 bits per heavy atom. The number of nitrogens with zero attached hydrogens (tertiary/aromatic N) is 4. The van der Waals surface area contributed by atoms with Crippen molar-refractivity contribution in [2.75, 3.05) is 5.32 Å². The third-order valence-electron chi connectivity index (χ3n) is 3.87. The maximum absolute atomic E-state index is 12.4. The van der Waals surface area contributed by atoms with Crippen molar-refractivity contribution in [3.05, 3.63) is 59.9 Å². The number of carbonyl (C=O) groups excluding carboxylic acids is 1. The van der Waals surface area contributed by atoms with Crippen molar-refractivity contribution in [1.29, 1.82) is 0 Å². The number of para-hydroxylation sites is 1. The van der Waals surface area contributed by atoms with Crippen LogP contribution in [0.4, 0.5) is 5.13 Å². The van der Waals surface area contributed by atoms with Crippen LogP contribution in [0.5, 0.6) is 5.75 Å². The predicted molar refractivity (Wildman–Crippen MR) is 112 cm³/mol. The topological polar surface area (TPSA) is 81.9 Å². The van der Waals surface area contributed by atoms with E-state index in [1.165, 1.54) is 23.1 Å². The Bertz CT molecular complexity index is 940. The van der Waals surface area contributed by atoms with Gasteiger partial charge in [0.05, 0.1) is 5.25 Å². The Morgan fingerprint density at radius 2 is 2.25 bits per heavy atom. The molecule has 7 nitrogen and oxygen atoms in total. The Labute approximate surface area is 171 Å². The van der Waals surface area contributed by atoms with Gasteiger partial charge in [-0.1, -0.05) is 36.0 Å². The van der Waals surface area contributed by atoms with Gasteiger partial charge < -0.3 is 10.1 Å². The highest BCUT2D eigenvalue weighted by Gasteiger charge is 2.20. The van der Waals surface area contributed by atoms with Crippen LogP contribution in [0, 0.1) is 6.92 Å². The van der Waals surface area contributed by atoms with Gasteiger partial charge in [0.15, 0.2) is 16.1 Å². The molecule has 1 atom stereocenters. The number of hydrogen-bond donors (Lipinski definition) is 1. The highest BCUT2D eigenvalue weighted by Crippen LogP contribution is 2.25. The van der Waals surface area contributed by atoms with Gasteiger partial charge in [-0.25, -0.2) is 4.98 Å². The van der Waals surface area contributed by atoms with Crippen molar-refractivity contribution in [3.63, 3.8) is 0 Å². The van der Waals surface area contributed by atoms with Crippen LogP contribution in [0.2, 0.25) is 0 Å². The van der Waals surface area contributed by atoms with E-state index >= 15 is 0 Å². The number of aryl methyl sites for hydroxylation is 1. The van der Waals surface area contributed by atoms with E-state index in [1.807, 2.05) is 48.1 Å². The summed E-state index contributed by atoms with van der Waals surface area (Å²) >= 11 is 2.72. The Hall–Kier alpha value is -2.65. The second-order valence-electron chi connectivity index (χ2n) is 5.94. The first kappa shape index (κ1) is 20.1. The molecule has 1 aromatic carbocycles. The summed E-state index contributed by atoms with van der Waals surface area (Å²) in [5.41, 5.74) is 1.05. The average Bonchev–Trinajstić information content (AvgIpc) is 3.32. The minimum Gasteiger partial charge on any atom is -0.485 e. The van der Waals surface area contributed by atoms with Gasteiger partial charge in [-0.2, -0.15) is 0 Å². The molecule has 2 aromatic heterocycles. The van der Waals surface area contributed by atoms with Crippen LogP contribution in [-0.2, 0) is 17.9 Å². The lowest BCUT2D eigenvalue weighted by Gasteiger charge is -2.12. The van der Waals surface area contributed by atoms with Crippen LogP contribution in [0.1, 0.15) is 18.3 Å². The second kappa shape index (κ2) is 9.52. The third kappa shape index (κ3) is 4.99. The molecular weight excluding hydrogens is 394 g/mol. The van der Waals surface area contributed by atoms with Crippen molar-refractivity contribution in [1.82, 2.24) is 19.7 Å². The molecule has 2 heterocycles. The van der Waals surface area contributed by atoms with Crippen LogP contribution in [0.15, 0.2) is 53.7 Å². The highest BCUT2D eigenvalue weighted by molar-refractivity contribution is 8.00. The summed E-state index contributed by atoms with van der Waals surface area (Å²) in [5.74, 6) is 1.35. The summed E-state index contributed by atoms with van der Waals surface area (Å²) in [5, 5.41) is 14.0. The number of hydrogen-bond acceptors (Lipinski definition) is 7. The molecule has 0 unspecified atom stereocenters. The van der Waals surface area contributed by atoms with E-state index in [1.54, 1.807) is 12.3 Å². The molecule has 0 bridgehead atoms. The molecule has 0 saturated carbocycles.